The van der Waals surface area contributed by atoms with Crippen LogP contribution in [0.1, 0.15) is 52.4 Å². The molecule has 22 heavy (non-hydrogen) atoms. The van der Waals surface area contributed by atoms with Crippen LogP contribution in [0.2, 0.25) is 0 Å². The van der Waals surface area contributed by atoms with Crippen molar-refractivity contribution in [1.82, 2.24) is 0 Å². The Kier molecular flexibility index (Phi) is 2.67. The summed E-state index contributed by atoms with van der Waals surface area (Å²) in [5.41, 5.74) is 3.46. The standard InChI is InChI=1S/C20H28N2/c1-14(2)21-13-22(19-6-4-3-5-18(19)21)20-10-15-7-16(11-20)9-17(8-15)12-20/h3-6,14-17H,7-13H2,1-2H3. The summed E-state index contributed by atoms with van der Waals surface area (Å²) in [7, 11) is 0. The van der Waals surface area contributed by atoms with Crippen molar-refractivity contribution >= 4 is 11.4 Å². The maximum atomic E-state index is 2.83. The summed E-state index contributed by atoms with van der Waals surface area (Å²) < 4.78 is 0. The van der Waals surface area contributed by atoms with E-state index in [9.17, 15) is 0 Å². The van der Waals surface area contributed by atoms with Crippen LogP contribution in [0.5, 0.6) is 0 Å². The Morgan fingerprint density at radius 2 is 1.45 bits per heavy atom. The van der Waals surface area contributed by atoms with Crippen LogP contribution < -0.4 is 9.80 Å². The van der Waals surface area contributed by atoms with Crippen LogP contribution in [0, 0.1) is 17.8 Å². The van der Waals surface area contributed by atoms with Gasteiger partial charge in [0, 0.05) is 11.6 Å². The quantitative estimate of drug-likeness (QED) is 0.784. The fraction of sp³-hybridized carbons (Fsp3) is 0.700. The molecule has 5 aliphatic rings. The molecule has 4 saturated carbocycles. The Balaban J connectivity index is 1.56. The van der Waals surface area contributed by atoms with Crippen molar-refractivity contribution in [2.24, 2.45) is 17.8 Å². The first kappa shape index (κ1) is 13.3. The first-order valence-corrected chi connectivity index (χ1v) is 9.28. The molecule has 6 rings (SSSR count). The summed E-state index contributed by atoms with van der Waals surface area (Å²) in [6.45, 7) is 5.78. The second-order valence-corrected chi connectivity index (χ2v) is 8.76. The number of fused-ring (bicyclic) bond motifs is 1. The molecule has 0 unspecified atom stereocenters. The molecule has 1 aromatic rings. The lowest BCUT2D eigenvalue weighted by atomic mass is 9.52. The highest BCUT2D eigenvalue weighted by Gasteiger charge is 2.55. The van der Waals surface area contributed by atoms with Crippen molar-refractivity contribution in [3.05, 3.63) is 24.3 Å². The molecule has 4 fully saturated rings. The Labute approximate surface area is 134 Å². The molecule has 0 N–H and O–H groups in total. The number of benzene rings is 1. The van der Waals surface area contributed by atoms with Gasteiger partial charge in [0.25, 0.3) is 0 Å². The van der Waals surface area contributed by atoms with Crippen LogP contribution in [-0.4, -0.2) is 18.2 Å². The van der Waals surface area contributed by atoms with E-state index in [4.69, 9.17) is 0 Å². The van der Waals surface area contributed by atoms with Gasteiger partial charge in [0.15, 0.2) is 0 Å². The number of hydrogen-bond donors (Lipinski definition) is 0. The van der Waals surface area contributed by atoms with E-state index in [2.05, 4.69) is 47.9 Å². The number of para-hydroxylation sites is 2. The lowest BCUT2D eigenvalue weighted by molar-refractivity contribution is -0.00361. The largest absolute Gasteiger partial charge is 0.350 e. The molecular formula is C20H28N2. The summed E-state index contributed by atoms with van der Waals surface area (Å²) >= 11 is 0. The predicted octanol–water partition coefficient (Wildman–Crippen LogP) is 4.65. The minimum atomic E-state index is 0.481. The van der Waals surface area contributed by atoms with Gasteiger partial charge in [-0.3, -0.25) is 0 Å². The molecule has 0 spiro atoms. The highest BCUT2D eigenvalue weighted by Crippen LogP contribution is 2.60. The highest BCUT2D eigenvalue weighted by atomic mass is 15.4. The zero-order chi connectivity index (χ0) is 14.9. The van der Waals surface area contributed by atoms with E-state index in [1.807, 2.05) is 0 Å². The molecule has 0 radical (unpaired) electrons. The van der Waals surface area contributed by atoms with Crippen LogP contribution >= 0.6 is 0 Å². The van der Waals surface area contributed by atoms with E-state index >= 15 is 0 Å². The van der Waals surface area contributed by atoms with Gasteiger partial charge in [-0.2, -0.15) is 0 Å². The van der Waals surface area contributed by atoms with Crippen molar-refractivity contribution in [2.45, 2.75) is 64.0 Å². The first-order valence-electron chi connectivity index (χ1n) is 9.28. The third kappa shape index (κ3) is 1.73. The molecular weight excluding hydrogens is 268 g/mol. The van der Waals surface area contributed by atoms with Crippen molar-refractivity contribution in [2.75, 3.05) is 16.5 Å². The van der Waals surface area contributed by atoms with Gasteiger partial charge >= 0.3 is 0 Å². The second-order valence-electron chi connectivity index (χ2n) is 8.76. The van der Waals surface area contributed by atoms with E-state index < -0.39 is 0 Å². The molecule has 0 amide bonds. The first-order chi connectivity index (χ1) is 10.6. The third-order valence-electron chi connectivity index (χ3n) is 6.98. The molecule has 4 aliphatic carbocycles. The number of nitrogens with zero attached hydrogens (tertiary/aromatic N) is 2. The minimum Gasteiger partial charge on any atom is -0.350 e. The summed E-state index contributed by atoms with van der Waals surface area (Å²) in [6.07, 6.45) is 8.96. The monoisotopic (exact) mass is 296 g/mol. The van der Waals surface area contributed by atoms with Gasteiger partial charge in [-0.25, -0.2) is 0 Å². The SMILES string of the molecule is CC(C)N1CN(C23CC4CC(CC(C4)C2)C3)c2ccccc21. The normalized spacial score (nSPS) is 39.0. The molecule has 1 aliphatic heterocycles. The smallest absolute Gasteiger partial charge is 0.0912 e. The lowest BCUT2D eigenvalue weighted by Gasteiger charge is -2.60. The van der Waals surface area contributed by atoms with Crippen molar-refractivity contribution in [1.29, 1.82) is 0 Å². The zero-order valence-corrected chi connectivity index (χ0v) is 14.0. The van der Waals surface area contributed by atoms with Crippen LogP contribution in [0.25, 0.3) is 0 Å². The molecule has 0 saturated heterocycles. The van der Waals surface area contributed by atoms with Gasteiger partial charge in [0.2, 0.25) is 0 Å². The molecule has 0 atom stereocenters. The van der Waals surface area contributed by atoms with Crippen LogP contribution in [0.15, 0.2) is 24.3 Å². The maximum absolute atomic E-state index is 2.83. The summed E-state index contributed by atoms with van der Waals surface area (Å²) in [4.78, 5) is 5.43. The van der Waals surface area contributed by atoms with E-state index in [0.29, 0.717) is 11.6 Å². The van der Waals surface area contributed by atoms with Gasteiger partial charge in [-0.05, 0) is 82.3 Å². The summed E-state index contributed by atoms with van der Waals surface area (Å²) in [5, 5.41) is 0. The number of anilines is 2. The molecule has 0 aromatic heterocycles. The highest BCUT2D eigenvalue weighted by molar-refractivity contribution is 5.77. The van der Waals surface area contributed by atoms with E-state index in [0.717, 1.165) is 24.4 Å². The zero-order valence-electron chi connectivity index (χ0n) is 14.0. The van der Waals surface area contributed by atoms with Crippen molar-refractivity contribution in [3.63, 3.8) is 0 Å². The molecule has 118 valence electrons. The summed E-state index contributed by atoms with van der Waals surface area (Å²) in [6, 6.07) is 9.72. The van der Waals surface area contributed by atoms with E-state index in [-0.39, 0.29) is 0 Å². The third-order valence-corrected chi connectivity index (χ3v) is 6.98. The van der Waals surface area contributed by atoms with Crippen molar-refractivity contribution < 1.29 is 0 Å². The van der Waals surface area contributed by atoms with Gasteiger partial charge in [-0.1, -0.05) is 12.1 Å². The van der Waals surface area contributed by atoms with Crippen LogP contribution in [0.3, 0.4) is 0 Å². The molecule has 2 nitrogen and oxygen atoms in total. The van der Waals surface area contributed by atoms with E-state index in [1.165, 1.54) is 49.9 Å². The average molecular weight is 296 g/mol. The van der Waals surface area contributed by atoms with E-state index in [1.54, 1.807) is 0 Å². The second kappa shape index (κ2) is 4.43. The number of hydrogen-bond acceptors (Lipinski definition) is 2. The van der Waals surface area contributed by atoms with Crippen LogP contribution in [-0.2, 0) is 0 Å². The molecule has 2 heteroatoms. The van der Waals surface area contributed by atoms with Gasteiger partial charge in [-0.15, -0.1) is 0 Å². The molecule has 1 heterocycles. The predicted molar refractivity (Wildman–Crippen MR) is 92.3 cm³/mol. The van der Waals surface area contributed by atoms with Gasteiger partial charge in [0.1, 0.15) is 0 Å². The van der Waals surface area contributed by atoms with Crippen molar-refractivity contribution in [3.8, 4) is 0 Å². The van der Waals surface area contributed by atoms with Crippen LogP contribution in [0.4, 0.5) is 11.4 Å². The minimum absolute atomic E-state index is 0.481. The maximum Gasteiger partial charge on any atom is 0.0912 e. The Morgan fingerprint density at radius 1 is 0.909 bits per heavy atom. The summed E-state index contributed by atoms with van der Waals surface area (Å²) in [5.74, 6) is 3.06. The number of rotatable bonds is 2. The molecule has 1 aromatic carbocycles. The van der Waals surface area contributed by atoms with Gasteiger partial charge in [0.05, 0.1) is 18.0 Å². The Morgan fingerprint density at radius 3 is 2.00 bits per heavy atom. The van der Waals surface area contributed by atoms with Gasteiger partial charge < -0.3 is 9.80 Å². The Hall–Kier alpha value is -1.18. The topological polar surface area (TPSA) is 6.48 Å². The molecule has 4 bridgehead atoms. The fourth-order valence-electron chi connectivity index (χ4n) is 6.48. The average Bonchev–Trinajstić information content (AvgIpc) is 2.86. The fourth-order valence-corrected chi connectivity index (χ4v) is 6.48. The Bertz CT molecular complexity index is 556. The lowest BCUT2D eigenvalue weighted by Crippen LogP contribution is -2.61.